The third-order valence-corrected chi connectivity index (χ3v) is 3.88. The van der Waals surface area contributed by atoms with Crippen molar-refractivity contribution in [3.05, 3.63) is 65.5 Å². The Kier molecular flexibility index (Phi) is 7.76. The van der Waals surface area contributed by atoms with Crippen molar-refractivity contribution in [2.45, 2.75) is 12.8 Å². The van der Waals surface area contributed by atoms with E-state index >= 15 is 0 Å². The van der Waals surface area contributed by atoms with Gasteiger partial charge in [0.15, 0.2) is 0 Å². The lowest BCUT2D eigenvalue weighted by atomic mass is 10.1. The molecule has 1 aromatic heterocycles. The summed E-state index contributed by atoms with van der Waals surface area (Å²) in [5.41, 5.74) is 2.03. The number of aromatic nitrogens is 1. The van der Waals surface area contributed by atoms with Gasteiger partial charge >= 0.3 is 0 Å². The Bertz CT molecular complexity index is 717. The quantitative estimate of drug-likeness (QED) is 0.673. The second-order valence-corrected chi connectivity index (χ2v) is 6.37. The molecule has 0 radical (unpaired) electrons. The summed E-state index contributed by atoms with van der Waals surface area (Å²) in [6.07, 6.45) is 4.71. The van der Waals surface area contributed by atoms with Gasteiger partial charge in [0, 0.05) is 32.0 Å². The predicted octanol–water partition coefficient (Wildman–Crippen LogP) is 1.74. The van der Waals surface area contributed by atoms with E-state index in [1.807, 2.05) is 37.2 Å². The standard InChI is InChI=1S/C20H26N4O2/c1-24(2)12-11-23-20(26)18-13-17(14-21-15-18)19(25)22-10-6-9-16-7-4-3-5-8-16/h3-5,7-8,13-15H,6,9-12H2,1-2H3,(H,22,25)(H,23,26). The Morgan fingerprint density at radius 1 is 0.962 bits per heavy atom. The average Bonchev–Trinajstić information content (AvgIpc) is 2.65. The van der Waals surface area contributed by atoms with Crippen LogP contribution in [0.3, 0.4) is 0 Å². The van der Waals surface area contributed by atoms with Crippen LogP contribution in [-0.2, 0) is 6.42 Å². The number of nitrogens with one attached hydrogen (secondary N) is 2. The first-order valence-corrected chi connectivity index (χ1v) is 8.76. The van der Waals surface area contributed by atoms with Gasteiger partial charge in [0.1, 0.15) is 0 Å². The lowest BCUT2D eigenvalue weighted by Gasteiger charge is -2.11. The lowest BCUT2D eigenvalue weighted by Crippen LogP contribution is -2.31. The van der Waals surface area contributed by atoms with E-state index in [0.717, 1.165) is 19.4 Å². The number of rotatable bonds is 9. The molecule has 6 heteroatoms. The Morgan fingerprint density at radius 2 is 1.58 bits per heavy atom. The number of carbonyl (C=O) groups excluding carboxylic acids is 2. The number of aryl methyl sites for hydroxylation is 1. The number of hydrogen-bond donors (Lipinski definition) is 2. The molecular weight excluding hydrogens is 328 g/mol. The summed E-state index contributed by atoms with van der Waals surface area (Å²) in [5, 5.41) is 5.69. The van der Waals surface area contributed by atoms with Crippen LogP contribution < -0.4 is 10.6 Å². The number of carbonyl (C=O) groups is 2. The summed E-state index contributed by atoms with van der Waals surface area (Å²) < 4.78 is 0. The van der Waals surface area contributed by atoms with Crippen LogP contribution >= 0.6 is 0 Å². The lowest BCUT2D eigenvalue weighted by molar-refractivity contribution is 0.0950. The van der Waals surface area contributed by atoms with Crippen LogP contribution in [0.4, 0.5) is 0 Å². The fourth-order valence-corrected chi connectivity index (χ4v) is 2.42. The van der Waals surface area contributed by atoms with Crippen molar-refractivity contribution in [2.75, 3.05) is 33.7 Å². The monoisotopic (exact) mass is 354 g/mol. The van der Waals surface area contributed by atoms with Crippen molar-refractivity contribution < 1.29 is 9.59 Å². The molecule has 0 atom stereocenters. The zero-order valence-electron chi connectivity index (χ0n) is 15.4. The molecule has 6 nitrogen and oxygen atoms in total. The summed E-state index contributed by atoms with van der Waals surface area (Å²) >= 11 is 0. The molecule has 2 rings (SSSR count). The van der Waals surface area contributed by atoms with E-state index in [1.165, 1.54) is 18.0 Å². The van der Waals surface area contributed by atoms with Gasteiger partial charge in [-0.25, -0.2) is 0 Å². The maximum atomic E-state index is 12.2. The molecule has 0 bridgehead atoms. The highest BCUT2D eigenvalue weighted by Crippen LogP contribution is 2.04. The van der Waals surface area contributed by atoms with Gasteiger partial charge in [0.2, 0.25) is 0 Å². The van der Waals surface area contributed by atoms with Crippen LogP contribution in [0.25, 0.3) is 0 Å². The third-order valence-electron chi connectivity index (χ3n) is 3.88. The molecule has 0 spiro atoms. The van der Waals surface area contributed by atoms with Crippen LogP contribution in [-0.4, -0.2) is 55.4 Å². The molecule has 2 N–H and O–H groups in total. The number of likely N-dealkylation sites (N-methyl/N-ethyl adjacent to an activating group) is 1. The molecule has 138 valence electrons. The molecule has 1 heterocycles. The van der Waals surface area contributed by atoms with E-state index in [1.54, 1.807) is 6.07 Å². The number of amides is 2. The highest BCUT2D eigenvalue weighted by molar-refractivity contribution is 5.99. The van der Waals surface area contributed by atoms with Crippen molar-refractivity contribution in [1.29, 1.82) is 0 Å². The van der Waals surface area contributed by atoms with Crippen LogP contribution in [0.15, 0.2) is 48.8 Å². The molecule has 2 aromatic rings. The number of nitrogens with zero attached hydrogens (tertiary/aromatic N) is 2. The van der Waals surface area contributed by atoms with Gasteiger partial charge in [-0.15, -0.1) is 0 Å². The van der Waals surface area contributed by atoms with E-state index < -0.39 is 0 Å². The SMILES string of the molecule is CN(C)CCNC(=O)c1cncc(C(=O)NCCCc2ccccc2)c1. The largest absolute Gasteiger partial charge is 0.352 e. The summed E-state index contributed by atoms with van der Waals surface area (Å²) in [6, 6.07) is 11.7. The summed E-state index contributed by atoms with van der Waals surface area (Å²) in [5.74, 6) is -0.438. The smallest absolute Gasteiger partial charge is 0.252 e. The van der Waals surface area contributed by atoms with Gasteiger partial charge in [-0.3, -0.25) is 14.6 Å². The first kappa shape index (κ1) is 19.6. The van der Waals surface area contributed by atoms with Gasteiger partial charge in [-0.1, -0.05) is 30.3 Å². The zero-order chi connectivity index (χ0) is 18.8. The number of pyridine rings is 1. The van der Waals surface area contributed by atoms with E-state index in [0.29, 0.717) is 24.2 Å². The molecule has 0 aliphatic carbocycles. The van der Waals surface area contributed by atoms with Crippen LogP contribution in [0.1, 0.15) is 32.7 Å². The molecule has 0 aliphatic heterocycles. The second kappa shape index (κ2) is 10.3. The van der Waals surface area contributed by atoms with Crippen LogP contribution in [0.5, 0.6) is 0 Å². The summed E-state index contributed by atoms with van der Waals surface area (Å²) in [7, 11) is 3.88. The molecule has 0 fully saturated rings. The second-order valence-electron chi connectivity index (χ2n) is 6.37. The molecule has 0 aliphatic rings. The number of hydrogen-bond acceptors (Lipinski definition) is 4. The van der Waals surface area contributed by atoms with Crippen molar-refractivity contribution in [2.24, 2.45) is 0 Å². The van der Waals surface area contributed by atoms with Crippen LogP contribution in [0.2, 0.25) is 0 Å². The third kappa shape index (κ3) is 6.64. The Balaban J connectivity index is 1.80. The normalized spacial score (nSPS) is 10.6. The fraction of sp³-hybridized carbons (Fsp3) is 0.350. The summed E-state index contributed by atoms with van der Waals surface area (Å²) in [4.78, 5) is 30.4. The molecule has 2 amide bonds. The van der Waals surface area contributed by atoms with Crippen molar-refractivity contribution in [3.8, 4) is 0 Å². The van der Waals surface area contributed by atoms with Crippen molar-refractivity contribution in [1.82, 2.24) is 20.5 Å². The minimum atomic E-state index is -0.224. The minimum Gasteiger partial charge on any atom is -0.352 e. The maximum absolute atomic E-state index is 12.2. The number of benzene rings is 1. The fourth-order valence-electron chi connectivity index (χ4n) is 2.42. The molecule has 0 unspecified atom stereocenters. The van der Waals surface area contributed by atoms with Gasteiger partial charge in [0.25, 0.3) is 11.8 Å². The van der Waals surface area contributed by atoms with Crippen molar-refractivity contribution in [3.63, 3.8) is 0 Å². The Morgan fingerprint density at radius 3 is 2.19 bits per heavy atom. The van der Waals surface area contributed by atoms with E-state index in [2.05, 4.69) is 27.8 Å². The van der Waals surface area contributed by atoms with Gasteiger partial charge in [0.05, 0.1) is 11.1 Å². The van der Waals surface area contributed by atoms with E-state index in [4.69, 9.17) is 0 Å². The van der Waals surface area contributed by atoms with Gasteiger partial charge in [-0.2, -0.15) is 0 Å². The highest BCUT2D eigenvalue weighted by Gasteiger charge is 2.11. The maximum Gasteiger partial charge on any atom is 0.252 e. The zero-order valence-corrected chi connectivity index (χ0v) is 15.4. The predicted molar refractivity (Wildman–Crippen MR) is 102 cm³/mol. The van der Waals surface area contributed by atoms with Crippen LogP contribution in [0, 0.1) is 0 Å². The minimum absolute atomic E-state index is 0.214. The first-order valence-electron chi connectivity index (χ1n) is 8.76. The van der Waals surface area contributed by atoms with E-state index in [-0.39, 0.29) is 11.8 Å². The molecule has 0 saturated carbocycles. The first-order chi connectivity index (χ1) is 12.6. The molecular formula is C20H26N4O2. The topological polar surface area (TPSA) is 74.3 Å². The molecule has 0 saturated heterocycles. The molecule has 1 aromatic carbocycles. The average molecular weight is 354 g/mol. The van der Waals surface area contributed by atoms with E-state index in [9.17, 15) is 9.59 Å². The Labute approximate surface area is 154 Å². The van der Waals surface area contributed by atoms with Gasteiger partial charge < -0.3 is 15.5 Å². The Hall–Kier alpha value is -2.73. The summed E-state index contributed by atoms with van der Waals surface area (Å²) in [6.45, 7) is 1.87. The highest BCUT2D eigenvalue weighted by atomic mass is 16.2. The van der Waals surface area contributed by atoms with Gasteiger partial charge in [-0.05, 0) is 38.6 Å². The van der Waals surface area contributed by atoms with Crippen molar-refractivity contribution >= 4 is 11.8 Å². The molecule has 26 heavy (non-hydrogen) atoms.